The van der Waals surface area contributed by atoms with Crippen molar-refractivity contribution >= 4 is 41.7 Å². The number of carboxylic acid groups (broad SMARTS) is 3. The summed E-state index contributed by atoms with van der Waals surface area (Å²) in [4.78, 5) is 30.1. The number of carbonyl (C=O) groups is 3. The fraction of sp³-hybridized carbons (Fsp3) is 0.364. The third kappa shape index (κ3) is 16.4. The molecule has 1 unspecified atom stereocenters. The van der Waals surface area contributed by atoms with E-state index in [2.05, 4.69) is 6.07 Å². The van der Waals surface area contributed by atoms with E-state index in [0.29, 0.717) is 10.6 Å². The van der Waals surface area contributed by atoms with Crippen molar-refractivity contribution in [3.8, 4) is 0 Å². The molecule has 0 aliphatic heterocycles. The van der Waals surface area contributed by atoms with Gasteiger partial charge in [0.2, 0.25) is 5.82 Å². The molecule has 0 bridgehead atoms. The van der Waals surface area contributed by atoms with Crippen molar-refractivity contribution in [2.75, 3.05) is 0 Å². The molecule has 3 aromatic carbocycles. The molecular weight excluding hydrogens is 824 g/mol. The van der Waals surface area contributed by atoms with Crippen molar-refractivity contribution in [3.63, 3.8) is 0 Å². The van der Waals surface area contributed by atoms with Gasteiger partial charge in [-0.15, -0.1) is 5.30 Å². The second-order valence-electron chi connectivity index (χ2n) is 12.5. The van der Waals surface area contributed by atoms with Crippen LogP contribution < -0.4 is 15.9 Å². The van der Waals surface area contributed by atoms with Crippen LogP contribution in [-0.2, 0) is 53.3 Å². The van der Waals surface area contributed by atoms with Crippen LogP contribution in [0.4, 0.5) is 22.0 Å². The van der Waals surface area contributed by atoms with E-state index in [1.54, 1.807) is 111 Å². The Labute approximate surface area is 299 Å². The van der Waals surface area contributed by atoms with Crippen molar-refractivity contribution < 1.29 is 90.6 Å². The molecule has 0 aromatic heterocycles. The maximum Gasteiger partial charge on any atom is 0.308 e. The SMILES string of the molecule is CC(C)(C)C(=O)O.CC(C)(C)C(=O)O.CC(C)(C)C(=O)O.Fc1c(F)c(F)c(P(c2[c-]cccc2)c2ccccc2)c(F)c1F.[Rh].[Rh]. The molecule has 0 saturated carbocycles. The van der Waals surface area contributed by atoms with Crippen LogP contribution in [0.1, 0.15) is 62.3 Å². The predicted octanol–water partition coefficient (Wildman–Crippen LogP) is 7.29. The maximum atomic E-state index is 14.3. The van der Waals surface area contributed by atoms with Crippen LogP contribution in [0.25, 0.3) is 0 Å². The zero-order valence-corrected chi connectivity index (χ0v) is 31.4. The molecule has 0 amide bonds. The minimum atomic E-state index is -2.16. The number of aliphatic carboxylic acids is 3. The molecule has 0 saturated heterocycles. The summed E-state index contributed by atoms with van der Waals surface area (Å²) >= 11 is 0. The first kappa shape index (κ1) is 48.8. The Bertz CT molecular complexity index is 1310. The molecule has 3 rings (SSSR count). The topological polar surface area (TPSA) is 112 Å². The number of rotatable bonds is 3. The summed E-state index contributed by atoms with van der Waals surface area (Å²) < 4.78 is 69.2. The van der Waals surface area contributed by atoms with Gasteiger partial charge in [0.25, 0.3) is 0 Å². The average molecular weight is 863 g/mol. The van der Waals surface area contributed by atoms with E-state index in [1.807, 2.05) is 0 Å². The van der Waals surface area contributed by atoms with E-state index in [9.17, 15) is 36.3 Å². The van der Waals surface area contributed by atoms with Crippen LogP contribution in [0.2, 0.25) is 0 Å². The maximum absolute atomic E-state index is 14.3. The van der Waals surface area contributed by atoms with Crippen molar-refractivity contribution in [1.82, 2.24) is 0 Å². The van der Waals surface area contributed by atoms with Gasteiger partial charge >= 0.3 is 17.9 Å². The Hall–Kier alpha value is -2.60. The van der Waals surface area contributed by atoms with E-state index >= 15 is 0 Å². The summed E-state index contributed by atoms with van der Waals surface area (Å²) in [7, 11) is -1.98. The molecule has 1 atom stereocenters. The van der Waals surface area contributed by atoms with Gasteiger partial charge in [-0.3, -0.25) is 14.4 Å². The largest absolute Gasteiger partial charge is 0.481 e. The van der Waals surface area contributed by atoms with Gasteiger partial charge in [-0.05, 0) is 75.5 Å². The Morgan fingerprint density at radius 1 is 0.553 bits per heavy atom. The normalized spacial score (nSPS) is 11.3. The predicted molar refractivity (Wildman–Crippen MR) is 165 cm³/mol. The van der Waals surface area contributed by atoms with Gasteiger partial charge in [0.05, 0.1) is 21.5 Å². The fourth-order valence-corrected chi connectivity index (χ4v) is 4.55. The first-order valence-corrected chi connectivity index (χ1v) is 14.7. The molecule has 0 fully saturated rings. The van der Waals surface area contributed by atoms with E-state index < -0.39 is 76.5 Å². The Morgan fingerprint density at radius 3 is 1.13 bits per heavy atom. The van der Waals surface area contributed by atoms with Crippen molar-refractivity contribution in [1.29, 1.82) is 0 Å². The summed E-state index contributed by atoms with van der Waals surface area (Å²) in [6.45, 7) is 15.0. The second kappa shape index (κ2) is 20.7. The van der Waals surface area contributed by atoms with Gasteiger partial charge < -0.3 is 15.3 Å². The number of hydrogen-bond acceptors (Lipinski definition) is 3. The zero-order chi connectivity index (χ0) is 35.5. The van der Waals surface area contributed by atoms with Crippen LogP contribution in [0.15, 0.2) is 54.6 Å². The zero-order valence-electron chi connectivity index (χ0n) is 27.3. The Morgan fingerprint density at radius 2 is 0.851 bits per heavy atom. The molecule has 0 aliphatic carbocycles. The van der Waals surface area contributed by atoms with Crippen molar-refractivity contribution in [2.45, 2.75) is 62.3 Å². The van der Waals surface area contributed by atoms with Gasteiger partial charge in [0.1, 0.15) is 0 Å². The molecule has 3 aromatic rings. The molecule has 2 radical (unpaired) electrons. The Balaban J connectivity index is -0.000000695. The molecule has 266 valence electrons. The molecule has 14 heteroatoms. The van der Waals surface area contributed by atoms with Gasteiger partial charge in [0.15, 0.2) is 23.3 Å². The van der Waals surface area contributed by atoms with E-state index in [-0.39, 0.29) is 39.0 Å². The van der Waals surface area contributed by atoms with E-state index in [4.69, 9.17) is 15.3 Å². The van der Waals surface area contributed by atoms with Crippen LogP contribution in [0, 0.1) is 51.4 Å². The number of benzene rings is 3. The van der Waals surface area contributed by atoms with Gasteiger partial charge in [-0.25, -0.2) is 22.0 Å². The molecule has 47 heavy (non-hydrogen) atoms. The summed E-state index contributed by atoms with van der Waals surface area (Å²) in [5.74, 6) is -11.9. The quantitative estimate of drug-likeness (QED) is 0.0638. The molecule has 0 heterocycles. The van der Waals surface area contributed by atoms with Gasteiger partial charge in [-0.2, -0.15) is 30.3 Å². The summed E-state index contributed by atoms with van der Waals surface area (Å²) in [5.41, 5.74) is -1.75. The van der Waals surface area contributed by atoms with Gasteiger partial charge in [-0.1, -0.05) is 30.3 Å². The van der Waals surface area contributed by atoms with Crippen molar-refractivity contribution in [2.24, 2.45) is 16.2 Å². The summed E-state index contributed by atoms with van der Waals surface area (Å²) in [5, 5.41) is 24.7. The fourth-order valence-electron chi connectivity index (χ4n) is 2.28. The number of carboxylic acids is 3. The van der Waals surface area contributed by atoms with Crippen LogP contribution in [-0.4, -0.2) is 33.2 Å². The van der Waals surface area contributed by atoms with Crippen LogP contribution in [0.5, 0.6) is 0 Å². The van der Waals surface area contributed by atoms with Crippen LogP contribution in [0.3, 0.4) is 0 Å². The third-order valence-corrected chi connectivity index (χ3v) is 7.70. The minimum absolute atomic E-state index is 0. The molecule has 3 N–H and O–H groups in total. The monoisotopic (exact) mass is 863 g/mol. The second-order valence-corrected chi connectivity index (χ2v) is 14.6. The number of hydrogen-bond donors (Lipinski definition) is 3. The van der Waals surface area contributed by atoms with Crippen LogP contribution >= 0.6 is 7.92 Å². The smallest absolute Gasteiger partial charge is 0.308 e. The van der Waals surface area contributed by atoms with E-state index in [1.165, 1.54) is 6.07 Å². The van der Waals surface area contributed by atoms with E-state index in [0.717, 1.165) is 0 Å². The summed E-state index contributed by atoms with van der Waals surface area (Å²) in [6, 6.07) is 17.3. The molecule has 0 spiro atoms. The number of halogens is 5. The summed E-state index contributed by atoms with van der Waals surface area (Å²) in [6.07, 6.45) is 0. The molecule has 0 aliphatic rings. The third-order valence-electron chi connectivity index (χ3n) is 5.28. The average Bonchev–Trinajstić information content (AvgIpc) is 2.93. The standard InChI is InChI=1S/C18H9F5P.3C5H10O2.2Rh/c19-13-14(20)16(22)18(17(23)15(13)21)24(11-7-3-1-4-8-11)12-9-5-2-6-10-12;3*1-5(2,3)4(6)7;;/h1-9H;3*1-3H3,(H,6,7);;/q-1;;;;;. The van der Waals surface area contributed by atoms with Crippen molar-refractivity contribution in [3.05, 3.63) is 89.7 Å². The minimum Gasteiger partial charge on any atom is -0.481 e. The first-order chi connectivity index (χ1) is 20.3. The Kier molecular flexibility index (Phi) is 21.5. The molecular formula is C33H39F5O6PRh2-. The first-order valence-electron chi connectivity index (χ1n) is 13.4. The van der Waals surface area contributed by atoms with Gasteiger partial charge in [0, 0.05) is 39.0 Å². The molecule has 6 nitrogen and oxygen atoms in total.